The van der Waals surface area contributed by atoms with E-state index in [0.29, 0.717) is 0 Å². The fraction of sp³-hybridized carbons (Fsp3) is 0.350. The van der Waals surface area contributed by atoms with Crippen molar-refractivity contribution < 1.29 is 4.79 Å². The highest BCUT2D eigenvalue weighted by Gasteiger charge is 2.29. The summed E-state index contributed by atoms with van der Waals surface area (Å²) in [6, 6.07) is 10.1. The number of carbonyl (C=O) groups is 1. The molecule has 0 saturated carbocycles. The van der Waals surface area contributed by atoms with Crippen molar-refractivity contribution in [3.63, 3.8) is 0 Å². The number of benzene rings is 1. The molecule has 0 N–H and O–H groups in total. The lowest BCUT2D eigenvalue weighted by atomic mass is 9.94. The average Bonchev–Trinajstić information content (AvgIpc) is 2.93. The zero-order chi connectivity index (χ0) is 17.4. The molecule has 4 rings (SSSR count). The molecule has 1 aromatic carbocycles. The number of hydrogen-bond acceptors (Lipinski definition) is 3. The Labute approximate surface area is 147 Å². The normalized spacial score (nSPS) is 17.8. The summed E-state index contributed by atoms with van der Waals surface area (Å²) in [5.41, 5.74) is 3.99. The minimum atomic E-state index is 0.132. The van der Waals surface area contributed by atoms with E-state index in [9.17, 15) is 4.79 Å². The third kappa shape index (κ3) is 2.69. The topological polar surface area (TPSA) is 51.0 Å². The summed E-state index contributed by atoms with van der Waals surface area (Å²) < 4.78 is 2.11. The molecule has 2 aromatic heterocycles. The van der Waals surface area contributed by atoms with Crippen molar-refractivity contribution in [3.8, 4) is 0 Å². The summed E-state index contributed by atoms with van der Waals surface area (Å²) in [4.78, 5) is 23.7. The van der Waals surface area contributed by atoms with Crippen molar-refractivity contribution in [3.05, 3.63) is 59.8 Å². The van der Waals surface area contributed by atoms with Gasteiger partial charge in [-0.1, -0.05) is 18.2 Å². The molecule has 25 heavy (non-hydrogen) atoms. The maximum Gasteiger partial charge on any atom is 0.256 e. The van der Waals surface area contributed by atoms with Gasteiger partial charge in [-0.25, -0.2) is 9.97 Å². The van der Waals surface area contributed by atoms with Crippen molar-refractivity contribution in [1.29, 1.82) is 0 Å². The van der Waals surface area contributed by atoms with Gasteiger partial charge < -0.3 is 9.47 Å². The molecule has 1 aliphatic heterocycles. The maximum atomic E-state index is 13.3. The van der Waals surface area contributed by atoms with E-state index in [1.807, 2.05) is 43.1 Å². The molecule has 3 aromatic rings. The summed E-state index contributed by atoms with van der Waals surface area (Å²) in [6.07, 6.45) is 5.43. The fourth-order valence-electron chi connectivity index (χ4n) is 3.89. The van der Waals surface area contributed by atoms with Gasteiger partial charge in [-0.05, 0) is 31.9 Å². The lowest BCUT2D eigenvalue weighted by molar-refractivity contribution is 0.0707. The number of hydrogen-bond donors (Lipinski definition) is 0. The van der Waals surface area contributed by atoms with E-state index in [1.165, 1.54) is 0 Å². The molecule has 3 heterocycles. The van der Waals surface area contributed by atoms with Crippen LogP contribution in [0.15, 0.2) is 42.9 Å². The van der Waals surface area contributed by atoms with Crippen molar-refractivity contribution >= 4 is 16.8 Å². The Bertz CT molecular complexity index is 916. The van der Waals surface area contributed by atoms with Crippen molar-refractivity contribution in [1.82, 2.24) is 19.4 Å². The van der Waals surface area contributed by atoms with Crippen LogP contribution in [0, 0.1) is 6.92 Å². The second kappa shape index (κ2) is 6.31. The molecule has 5 nitrogen and oxygen atoms in total. The number of amides is 1. The van der Waals surface area contributed by atoms with Crippen LogP contribution in [0.25, 0.3) is 10.9 Å². The molecule has 0 bridgehead atoms. The number of aryl methyl sites for hydroxylation is 1. The number of likely N-dealkylation sites (tertiary alicyclic amines) is 1. The number of nitrogens with zero attached hydrogens (tertiary/aromatic N) is 4. The highest BCUT2D eigenvalue weighted by Crippen LogP contribution is 2.30. The number of fused-ring (bicyclic) bond motifs is 1. The van der Waals surface area contributed by atoms with Crippen LogP contribution in [0.3, 0.4) is 0 Å². The molecule has 128 valence electrons. The Balaban J connectivity index is 1.66. The van der Waals surface area contributed by atoms with Gasteiger partial charge >= 0.3 is 0 Å². The first kappa shape index (κ1) is 15.8. The van der Waals surface area contributed by atoms with Crippen LogP contribution in [-0.2, 0) is 7.05 Å². The van der Waals surface area contributed by atoms with Gasteiger partial charge in [-0.2, -0.15) is 0 Å². The van der Waals surface area contributed by atoms with Crippen LogP contribution in [-0.4, -0.2) is 38.4 Å². The van der Waals surface area contributed by atoms with Gasteiger partial charge in [-0.15, -0.1) is 0 Å². The van der Waals surface area contributed by atoms with Crippen LogP contribution in [0.2, 0.25) is 0 Å². The summed E-state index contributed by atoms with van der Waals surface area (Å²) in [5.74, 6) is 0.420. The van der Waals surface area contributed by atoms with Crippen molar-refractivity contribution in [2.24, 2.45) is 7.05 Å². The van der Waals surface area contributed by atoms with E-state index >= 15 is 0 Å². The summed E-state index contributed by atoms with van der Waals surface area (Å²) in [6.45, 7) is 3.56. The Morgan fingerprint density at radius 3 is 2.88 bits per heavy atom. The zero-order valence-electron chi connectivity index (χ0n) is 14.6. The lowest BCUT2D eigenvalue weighted by Crippen LogP contribution is -2.39. The van der Waals surface area contributed by atoms with Crippen LogP contribution < -0.4 is 0 Å². The first-order valence-electron chi connectivity index (χ1n) is 8.76. The summed E-state index contributed by atoms with van der Waals surface area (Å²) >= 11 is 0. The van der Waals surface area contributed by atoms with Gasteiger partial charge in [-0.3, -0.25) is 4.79 Å². The monoisotopic (exact) mass is 334 g/mol. The molecule has 0 spiro atoms. The lowest BCUT2D eigenvalue weighted by Gasteiger charge is -2.32. The van der Waals surface area contributed by atoms with Gasteiger partial charge in [0, 0.05) is 54.5 Å². The van der Waals surface area contributed by atoms with E-state index in [4.69, 9.17) is 0 Å². The molecule has 5 heteroatoms. The Hall–Kier alpha value is -2.69. The number of para-hydroxylation sites is 1. The SMILES string of the molecule is Cc1c(C(=O)N2CCC[C@H](c3ccncn3)C2)c2ccccc2n1C. The van der Waals surface area contributed by atoms with Crippen molar-refractivity contribution in [2.75, 3.05) is 13.1 Å². The van der Waals surface area contributed by atoms with Crippen LogP contribution in [0.5, 0.6) is 0 Å². The van der Waals surface area contributed by atoms with Crippen molar-refractivity contribution in [2.45, 2.75) is 25.7 Å². The van der Waals surface area contributed by atoms with Gasteiger partial charge in [0.05, 0.1) is 5.56 Å². The fourth-order valence-corrected chi connectivity index (χ4v) is 3.89. The predicted octanol–water partition coefficient (Wildman–Crippen LogP) is 3.30. The maximum absolute atomic E-state index is 13.3. The zero-order valence-corrected chi connectivity index (χ0v) is 14.6. The summed E-state index contributed by atoms with van der Waals surface area (Å²) in [5, 5.41) is 1.04. The second-order valence-corrected chi connectivity index (χ2v) is 6.76. The van der Waals surface area contributed by atoms with Gasteiger partial charge in [0.1, 0.15) is 6.33 Å². The second-order valence-electron chi connectivity index (χ2n) is 6.76. The van der Waals surface area contributed by atoms with Gasteiger partial charge in [0.2, 0.25) is 0 Å². The number of rotatable bonds is 2. The minimum Gasteiger partial charge on any atom is -0.347 e. The molecule has 1 fully saturated rings. The van der Waals surface area contributed by atoms with Crippen LogP contribution >= 0.6 is 0 Å². The number of carbonyl (C=O) groups excluding carboxylic acids is 1. The molecule has 1 aliphatic rings. The Kier molecular flexibility index (Phi) is 3.99. The summed E-state index contributed by atoms with van der Waals surface area (Å²) in [7, 11) is 2.02. The molecule has 1 atom stereocenters. The Morgan fingerprint density at radius 1 is 1.24 bits per heavy atom. The molecule has 1 amide bonds. The van der Waals surface area contributed by atoms with E-state index in [0.717, 1.165) is 53.8 Å². The van der Waals surface area contributed by atoms with E-state index in [2.05, 4.69) is 20.6 Å². The standard InChI is InChI=1S/C20H22N4O/c1-14-19(16-7-3-4-8-18(16)23(14)2)20(25)24-11-5-6-15(12-24)17-9-10-21-13-22-17/h3-4,7-10,13,15H,5-6,11-12H2,1-2H3/t15-/m0/s1. The minimum absolute atomic E-state index is 0.132. The predicted molar refractivity (Wildman–Crippen MR) is 97.6 cm³/mol. The molecular formula is C20H22N4O. The highest BCUT2D eigenvalue weighted by molar-refractivity contribution is 6.08. The largest absolute Gasteiger partial charge is 0.347 e. The molecular weight excluding hydrogens is 312 g/mol. The number of aromatic nitrogens is 3. The molecule has 0 aliphatic carbocycles. The van der Waals surface area contributed by atoms with Gasteiger partial charge in [0.15, 0.2) is 0 Å². The van der Waals surface area contributed by atoms with Crippen LogP contribution in [0.4, 0.5) is 0 Å². The highest BCUT2D eigenvalue weighted by atomic mass is 16.2. The van der Waals surface area contributed by atoms with E-state index in [1.54, 1.807) is 12.5 Å². The third-order valence-corrected chi connectivity index (χ3v) is 5.35. The van der Waals surface area contributed by atoms with Gasteiger partial charge in [0.25, 0.3) is 5.91 Å². The van der Waals surface area contributed by atoms with Crippen LogP contribution in [0.1, 0.15) is 40.5 Å². The van der Waals surface area contributed by atoms with E-state index in [-0.39, 0.29) is 11.8 Å². The first-order valence-corrected chi connectivity index (χ1v) is 8.76. The smallest absolute Gasteiger partial charge is 0.256 e. The third-order valence-electron chi connectivity index (χ3n) is 5.35. The molecule has 1 saturated heterocycles. The molecule has 0 radical (unpaired) electrons. The first-order chi connectivity index (χ1) is 12.2. The quantitative estimate of drug-likeness (QED) is 0.722. The van der Waals surface area contributed by atoms with E-state index < -0.39 is 0 Å². The molecule has 0 unspecified atom stereocenters. The average molecular weight is 334 g/mol. The number of piperidine rings is 1. The Morgan fingerprint density at radius 2 is 2.08 bits per heavy atom.